The zero-order chi connectivity index (χ0) is 18.1. The van der Waals surface area contributed by atoms with Gasteiger partial charge in [0, 0.05) is 43.9 Å². The number of pyridine rings is 2. The molecule has 4 N–H and O–H groups in total. The first-order valence-corrected chi connectivity index (χ1v) is 9.30. The Hall–Kier alpha value is -2.45. The Morgan fingerprint density at radius 3 is 3.08 bits per heavy atom. The van der Waals surface area contributed by atoms with Crippen molar-refractivity contribution < 1.29 is 4.79 Å². The van der Waals surface area contributed by atoms with Gasteiger partial charge in [-0.2, -0.15) is 0 Å². The number of H-pyrrole nitrogens is 1. The van der Waals surface area contributed by atoms with Gasteiger partial charge in [0.25, 0.3) is 5.91 Å². The first-order valence-electron chi connectivity index (χ1n) is 8.51. The SMILES string of the molecule is N[C@H]1CCCN(c2c(Br)cnc3[nH]cc(NC(=O)c4cccnc4)c23)C1. The van der Waals surface area contributed by atoms with Crippen LogP contribution in [0.25, 0.3) is 11.0 Å². The van der Waals surface area contributed by atoms with Crippen LogP contribution in [0.15, 0.2) is 41.4 Å². The minimum Gasteiger partial charge on any atom is -0.368 e. The number of carbonyl (C=O) groups excluding carboxylic acids is 1. The number of halogens is 1. The van der Waals surface area contributed by atoms with Gasteiger partial charge in [-0.1, -0.05) is 0 Å². The lowest BCUT2D eigenvalue weighted by Crippen LogP contribution is -2.43. The van der Waals surface area contributed by atoms with E-state index in [9.17, 15) is 4.79 Å². The zero-order valence-corrected chi connectivity index (χ0v) is 15.7. The fourth-order valence-corrected chi connectivity index (χ4v) is 3.92. The summed E-state index contributed by atoms with van der Waals surface area (Å²) in [6, 6.07) is 3.62. The number of carbonyl (C=O) groups is 1. The molecule has 26 heavy (non-hydrogen) atoms. The lowest BCUT2D eigenvalue weighted by molar-refractivity contribution is 0.102. The van der Waals surface area contributed by atoms with Gasteiger partial charge in [0.2, 0.25) is 0 Å². The van der Waals surface area contributed by atoms with E-state index in [4.69, 9.17) is 5.73 Å². The highest BCUT2D eigenvalue weighted by Crippen LogP contribution is 2.38. The van der Waals surface area contributed by atoms with Crippen molar-refractivity contribution in [3.63, 3.8) is 0 Å². The number of nitrogens with zero attached hydrogens (tertiary/aromatic N) is 3. The molecule has 0 aliphatic carbocycles. The number of fused-ring (bicyclic) bond motifs is 1. The second-order valence-corrected chi connectivity index (χ2v) is 7.28. The lowest BCUT2D eigenvalue weighted by Gasteiger charge is -2.33. The second-order valence-electron chi connectivity index (χ2n) is 6.42. The monoisotopic (exact) mass is 414 g/mol. The normalized spacial score (nSPS) is 17.5. The lowest BCUT2D eigenvalue weighted by atomic mass is 10.1. The van der Waals surface area contributed by atoms with Crippen molar-refractivity contribution in [3.8, 4) is 0 Å². The Morgan fingerprint density at radius 2 is 2.31 bits per heavy atom. The van der Waals surface area contributed by atoms with Gasteiger partial charge in [-0.3, -0.25) is 9.78 Å². The third-order valence-electron chi connectivity index (χ3n) is 4.58. The van der Waals surface area contributed by atoms with Crippen molar-refractivity contribution in [2.45, 2.75) is 18.9 Å². The smallest absolute Gasteiger partial charge is 0.257 e. The maximum atomic E-state index is 12.5. The molecule has 8 heteroatoms. The zero-order valence-electron chi connectivity index (χ0n) is 14.1. The Morgan fingerprint density at radius 1 is 1.42 bits per heavy atom. The van der Waals surface area contributed by atoms with Gasteiger partial charge in [0.05, 0.1) is 26.8 Å². The number of hydrogen-bond donors (Lipinski definition) is 3. The van der Waals surface area contributed by atoms with E-state index in [2.05, 4.69) is 41.1 Å². The number of nitrogens with two attached hydrogens (primary N) is 1. The van der Waals surface area contributed by atoms with Crippen molar-refractivity contribution in [2.24, 2.45) is 5.73 Å². The highest BCUT2D eigenvalue weighted by atomic mass is 79.9. The van der Waals surface area contributed by atoms with E-state index in [1.54, 1.807) is 36.9 Å². The van der Waals surface area contributed by atoms with Crippen LogP contribution in [0.3, 0.4) is 0 Å². The predicted molar refractivity (Wildman–Crippen MR) is 105 cm³/mol. The van der Waals surface area contributed by atoms with Gasteiger partial charge in [-0.05, 0) is 40.9 Å². The summed E-state index contributed by atoms with van der Waals surface area (Å²) in [6.45, 7) is 1.70. The molecule has 0 aromatic carbocycles. The van der Waals surface area contributed by atoms with E-state index in [-0.39, 0.29) is 11.9 Å². The van der Waals surface area contributed by atoms with E-state index >= 15 is 0 Å². The highest BCUT2D eigenvalue weighted by molar-refractivity contribution is 9.10. The van der Waals surface area contributed by atoms with Crippen molar-refractivity contribution in [1.82, 2.24) is 15.0 Å². The maximum Gasteiger partial charge on any atom is 0.257 e. The van der Waals surface area contributed by atoms with Crippen LogP contribution in [0.2, 0.25) is 0 Å². The molecule has 7 nitrogen and oxygen atoms in total. The molecular weight excluding hydrogens is 396 g/mol. The van der Waals surface area contributed by atoms with Crippen LogP contribution >= 0.6 is 15.9 Å². The van der Waals surface area contributed by atoms with Crippen molar-refractivity contribution in [1.29, 1.82) is 0 Å². The first kappa shape index (κ1) is 17.0. The summed E-state index contributed by atoms with van der Waals surface area (Å²) in [4.78, 5) is 26.4. The van der Waals surface area contributed by atoms with Crippen molar-refractivity contribution >= 4 is 44.2 Å². The molecule has 4 rings (SSSR count). The predicted octanol–water partition coefficient (Wildman–Crippen LogP) is 2.90. The summed E-state index contributed by atoms with van der Waals surface area (Å²) < 4.78 is 0.885. The van der Waals surface area contributed by atoms with Crippen LogP contribution in [-0.4, -0.2) is 40.0 Å². The molecule has 1 aliphatic rings. The van der Waals surface area contributed by atoms with E-state index in [1.807, 2.05) is 0 Å². The molecule has 0 unspecified atom stereocenters. The molecule has 1 saturated heterocycles. The standard InChI is InChI=1S/C18H19BrN6O/c19-13-8-22-17-15(16(13)25-6-2-4-12(20)10-25)14(9-23-17)24-18(26)11-3-1-5-21-7-11/h1,3,5,7-9,12H,2,4,6,10,20H2,(H,22,23)(H,24,26)/t12-/m0/s1. The van der Waals surface area contributed by atoms with Crippen LogP contribution in [0.1, 0.15) is 23.2 Å². The van der Waals surface area contributed by atoms with E-state index in [1.165, 1.54) is 0 Å². The quantitative estimate of drug-likeness (QED) is 0.611. The molecule has 3 aromatic rings. The van der Waals surface area contributed by atoms with Crippen LogP contribution in [0.5, 0.6) is 0 Å². The summed E-state index contributed by atoms with van der Waals surface area (Å²) in [5, 5.41) is 3.85. The highest BCUT2D eigenvalue weighted by Gasteiger charge is 2.24. The van der Waals surface area contributed by atoms with Gasteiger partial charge < -0.3 is 20.9 Å². The van der Waals surface area contributed by atoms with Gasteiger partial charge in [-0.15, -0.1) is 0 Å². The summed E-state index contributed by atoms with van der Waals surface area (Å²) in [7, 11) is 0. The molecule has 0 saturated carbocycles. The third-order valence-corrected chi connectivity index (χ3v) is 5.16. The first-order chi connectivity index (χ1) is 12.6. The van der Waals surface area contributed by atoms with Crippen LogP contribution < -0.4 is 16.0 Å². The van der Waals surface area contributed by atoms with Crippen LogP contribution in [0, 0.1) is 0 Å². The molecule has 1 atom stereocenters. The van der Waals surface area contributed by atoms with Gasteiger partial charge >= 0.3 is 0 Å². The molecule has 1 aliphatic heterocycles. The summed E-state index contributed by atoms with van der Waals surface area (Å²) in [5.41, 5.74) is 9.10. The fourth-order valence-electron chi connectivity index (χ4n) is 3.37. The minimum absolute atomic E-state index is 0.145. The second kappa shape index (κ2) is 7.05. The molecule has 0 spiro atoms. The number of aromatic nitrogens is 3. The minimum atomic E-state index is -0.208. The van der Waals surface area contributed by atoms with E-state index < -0.39 is 0 Å². The topological polar surface area (TPSA) is 99.9 Å². The largest absolute Gasteiger partial charge is 0.368 e. The number of piperidine rings is 1. The number of hydrogen-bond acceptors (Lipinski definition) is 5. The van der Waals surface area contributed by atoms with Crippen LogP contribution in [0.4, 0.5) is 11.4 Å². The molecular formula is C18H19BrN6O. The molecule has 3 aromatic heterocycles. The fraction of sp³-hybridized carbons (Fsp3) is 0.278. The van der Waals surface area contributed by atoms with E-state index in [0.717, 1.165) is 47.1 Å². The Bertz CT molecular complexity index is 942. The molecule has 0 bridgehead atoms. The number of amides is 1. The molecule has 0 radical (unpaired) electrons. The molecule has 4 heterocycles. The number of nitrogens with one attached hydrogen (secondary N) is 2. The average molecular weight is 415 g/mol. The average Bonchev–Trinajstić information content (AvgIpc) is 3.05. The summed E-state index contributed by atoms with van der Waals surface area (Å²) in [5.74, 6) is -0.208. The molecule has 1 amide bonds. The summed E-state index contributed by atoms with van der Waals surface area (Å²) in [6.07, 6.45) is 8.80. The van der Waals surface area contributed by atoms with Gasteiger partial charge in [0.15, 0.2) is 0 Å². The van der Waals surface area contributed by atoms with E-state index in [0.29, 0.717) is 11.3 Å². The number of anilines is 2. The van der Waals surface area contributed by atoms with Crippen molar-refractivity contribution in [3.05, 3.63) is 47.0 Å². The van der Waals surface area contributed by atoms with Crippen molar-refractivity contribution in [2.75, 3.05) is 23.3 Å². The number of rotatable bonds is 3. The Balaban J connectivity index is 1.74. The summed E-state index contributed by atoms with van der Waals surface area (Å²) >= 11 is 3.62. The van der Waals surface area contributed by atoms with Crippen LogP contribution in [-0.2, 0) is 0 Å². The third kappa shape index (κ3) is 3.17. The van der Waals surface area contributed by atoms with Gasteiger partial charge in [0.1, 0.15) is 5.65 Å². The molecule has 134 valence electrons. The maximum absolute atomic E-state index is 12.5. The molecule has 1 fully saturated rings. The van der Waals surface area contributed by atoms with Gasteiger partial charge in [-0.25, -0.2) is 4.98 Å². The Labute approximate surface area is 159 Å². The Kier molecular flexibility index (Phi) is 4.60. The number of aromatic amines is 1.